The van der Waals surface area contributed by atoms with Crippen molar-refractivity contribution in [3.63, 3.8) is 0 Å². The molecule has 0 radical (unpaired) electrons. The van der Waals surface area contributed by atoms with Crippen molar-refractivity contribution < 1.29 is 9.59 Å². The predicted octanol–water partition coefficient (Wildman–Crippen LogP) is 5.50. The minimum Gasteiger partial charge on any atom is -0.330 e. The number of hydrogen-bond acceptors (Lipinski definition) is 2. The highest BCUT2D eigenvalue weighted by Gasteiger charge is 2.67. The monoisotopic (exact) mass is 434 g/mol. The summed E-state index contributed by atoms with van der Waals surface area (Å²) in [6, 6.07) is 20.2. The Morgan fingerprint density at radius 3 is 1.94 bits per heavy atom. The van der Waals surface area contributed by atoms with Gasteiger partial charge in [0.2, 0.25) is 0 Å². The Bertz CT molecular complexity index is 1150. The molecule has 7 heteroatoms. The number of amides is 4. The Balaban J connectivity index is 1.24. The zero-order valence-electron chi connectivity index (χ0n) is 16.9. The highest BCUT2D eigenvalue weighted by molar-refractivity contribution is 6.30. The van der Waals surface area contributed by atoms with Crippen LogP contribution >= 0.6 is 11.6 Å². The predicted molar refractivity (Wildman–Crippen MR) is 124 cm³/mol. The SMILES string of the molecule is O=C(Nc1ccc(Cl)cc1)NC1(C2(NC(=O)Nc3cccc4ccccc34)CC2)CC1. The van der Waals surface area contributed by atoms with Crippen LogP contribution in [-0.2, 0) is 0 Å². The van der Waals surface area contributed by atoms with Crippen LogP contribution in [0.25, 0.3) is 10.8 Å². The molecule has 0 aliphatic heterocycles. The molecule has 2 saturated carbocycles. The Hall–Kier alpha value is -3.25. The highest BCUT2D eigenvalue weighted by Crippen LogP contribution is 2.57. The highest BCUT2D eigenvalue weighted by atomic mass is 35.5. The second-order valence-electron chi connectivity index (χ2n) is 8.36. The fraction of sp³-hybridized carbons (Fsp3) is 0.250. The van der Waals surface area contributed by atoms with Gasteiger partial charge >= 0.3 is 12.1 Å². The molecule has 3 aromatic rings. The molecule has 31 heavy (non-hydrogen) atoms. The Labute approximate surface area is 185 Å². The van der Waals surface area contributed by atoms with Gasteiger partial charge in [-0.2, -0.15) is 0 Å². The van der Waals surface area contributed by atoms with Crippen LogP contribution in [0.3, 0.4) is 0 Å². The largest absolute Gasteiger partial charge is 0.330 e. The molecule has 0 atom stereocenters. The lowest BCUT2D eigenvalue weighted by molar-refractivity contribution is 0.230. The zero-order chi connectivity index (χ0) is 21.5. The third-order valence-electron chi connectivity index (χ3n) is 6.26. The molecule has 158 valence electrons. The van der Waals surface area contributed by atoms with E-state index in [4.69, 9.17) is 11.6 Å². The van der Waals surface area contributed by atoms with Gasteiger partial charge in [0.05, 0.1) is 16.8 Å². The Morgan fingerprint density at radius 1 is 0.710 bits per heavy atom. The first-order valence-electron chi connectivity index (χ1n) is 10.4. The number of benzene rings is 3. The van der Waals surface area contributed by atoms with Crippen molar-refractivity contribution in [3.8, 4) is 0 Å². The molecule has 2 aliphatic carbocycles. The number of anilines is 2. The van der Waals surface area contributed by atoms with Crippen LogP contribution in [0, 0.1) is 0 Å². The van der Waals surface area contributed by atoms with E-state index in [1.54, 1.807) is 24.3 Å². The summed E-state index contributed by atoms with van der Waals surface area (Å²) in [5, 5.41) is 14.8. The molecule has 0 aromatic heterocycles. The molecule has 0 spiro atoms. The van der Waals surface area contributed by atoms with Gasteiger partial charge in [-0.15, -0.1) is 0 Å². The van der Waals surface area contributed by atoms with Crippen molar-refractivity contribution in [1.82, 2.24) is 10.6 Å². The van der Waals surface area contributed by atoms with Crippen LogP contribution < -0.4 is 21.3 Å². The van der Waals surface area contributed by atoms with E-state index in [2.05, 4.69) is 21.3 Å². The topological polar surface area (TPSA) is 82.3 Å². The molecular weight excluding hydrogens is 412 g/mol. The lowest BCUT2D eigenvalue weighted by Crippen LogP contribution is -2.57. The number of hydrogen-bond donors (Lipinski definition) is 4. The first-order valence-corrected chi connectivity index (χ1v) is 10.8. The zero-order valence-corrected chi connectivity index (χ0v) is 17.6. The number of nitrogens with one attached hydrogen (secondary N) is 4. The first-order chi connectivity index (χ1) is 15.0. The fourth-order valence-electron chi connectivity index (χ4n) is 4.31. The molecule has 0 bridgehead atoms. The van der Waals surface area contributed by atoms with Crippen LogP contribution in [0.2, 0.25) is 5.02 Å². The van der Waals surface area contributed by atoms with E-state index in [9.17, 15) is 9.59 Å². The number of rotatable bonds is 5. The van der Waals surface area contributed by atoms with E-state index in [-0.39, 0.29) is 12.1 Å². The van der Waals surface area contributed by atoms with E-state index in [0.29, 0.717) is 10.7 Å². The van der Waals surface area contributed by atoms with Gasteiger partial charge in [-0.05, 0) is 61.4 Å². The molecule has 5 rings (SSSR count). The van der Waals surface area contributed by atoms with Crippen LogP contribution in [0.5, 0.6) is 0 Å². The minimum absolute atomic E-state index is 0.250. The van der Waals surface area contributed by atoms with Gasteiger partial charge in [-0.25, -0.2) is 9.59 Å². The lowest BCUT2D eigenvalue weighted by Gasteiger charge is -2.29. The molecule has 2 fully saturated rings. The molecule has 0 saturated heterocycles. The summed E-state index contributed by atoms with van der Waals surface area (Å²) in [7, 11) is 0. The smallest absolute Gasteiger partial charge is 0.319 e. The van der Waals surface area contributed by atoms with Crippen molar-refractivity contribution in [2.45, 2.75) is 36.8 Å². The van der Waals surface area contributed by atoms with E-state index < -0.39 is 11.1 Å². The summed E-state index contributed by atoms with van der Waals surface area (Å²) in [5.74, 6) is 0. The van der Waals surface area contributed by atoms with E-state index in [1.807, 2.05) is 42.5 Å². The Morgan fingerprint density at radius 2 is 1.29 bits per heavy atom. The van der Waals surface area contributed by atoms with Crippen molar-refractivity contribution >= 4 is 45.8 Å². The second-order valence-corrected chi connectivity index (χ2v) is 8.79. The maximum absolute atomic E-state index is 12.8. The molecule has 3 aromatic carbocycles. The van der Waals surface area contributed by atoms with Crippen molar-refractivity contribution in [2.24, 2.45) is 0 Å². The van der Waals surface area contributed by atoms with E-state index in [0.717, 1.165) is 42.1 Å². The summed E-state index contributed by atoms with van der Waals surface area (Å²) in [4.78, 5) is 25.4. The van der Waals surface area contributed by atoms with Crippen LogP contribution in [0.4, 0.5) is 21.0 Å². The Kier molecular flexibility index (Phi) is 4.74. The second kappa shape index (κ2) is 7.46. The number of fused-ring (bicyclic) bond motifs is 1. The quantitative estimate of drug-likeness (QED) is 0.427. The van der Waals surface area contributed by atoms with Crippen LogP contribution in [0.15, 0.2) is 66.7 Å². The maximum atomic E-state index is 12.8. The molecule has 0 heterocycles. The first kappa shape index (κ1) is 19.7. The number of halogens is 1. The third kappa shape index (κ3) is 3.91. The van der Waals surface area contributed by atoms with Gasteiger partial charge in [0.15, 0.2) is 0 Å². The van der Waals surface area contributed by atoms with Gasteiger partial charge in [-0.1, -0.05) is 48.0 Å². The van der Waals surface area contributed by atoms with Gasteiger partial charge < -0.3 is 21.3 Å². The molecule has 4 amide bonds. The van der Waals surface area contributed by atoms with Crippen molar-refractivity contribution in [3.05, 3.63) is 71.8 Å². The van der Waals surface area contributed by atoms with E-state index in [1.165, 1.54) is 0 Å². The minimum atomic E-state index is -0.404. The standard InChI is InChI=1S/C24H23ClN4O2/c25-17-8-10-18(11-9-17)26-21(30)28-23(12-13-23)24(14-15-24)29-22(31)27-20-7-3-5-16-4-1-2-6-19(16)20/h1-11H,12-15H2,(H2,26,28,30)(H2,27,29,31). The third-order valence-corrected chi connectivity index (χ3v) is 6.51. The number of carbonyl (C=O) groups is 2. The summed E-state index contributed by atoms with van der Waals surface area (Å²) < 4.78 is 0. The van der Waals surface area contributed by atoms with Crippen molar-refractivity contribution in [1.29, 1.82) is 0 Å². The molecule has 6 nitrogen and oxygen atoms in total. The molecule has 4 N–H and O–H groups in total. The molecule has 0 unspecified atom stereocenters. The summed E-state index contributed by atoms with van der Waals surface area (Å²) in [6.45, 7) is 0. The van der Waals surface area contributed by atoms with Crippen molar-refractivity contribution in [2.75, 3.05) is 10.6 Å². The lowest BCUT2D eigenvalue weighted by atomic mass is 10.0. The fourth-order valence-corrected chi connectivity index (χ4v) is 4.44. The van der Waals surface area contributed by atoms with E-state index >= 15 is 0 Å². The maximum Gasteiger partial charge on any atom is 0.319 e. The van der Waals surface area contributed by atoms with Gasteiger partial charge in [-0.3, -0.25) is 0 Å². The average Bonchev–Trinajstić information content (AvgIpc) is 3.68. The van der Waals surface area contributed by atoms with Gasteiger partial charge in [0, 0.05) is 16.1 Å². The average molecular weight is 435 g/mol. The number of carbonyl (C=O) groups excluding carboxylic acids is 2. The summed E-state index contributed by atoms with van der Waals surface area (Å²) >= 11 is 5.90. The summed E-state index contributed by atoms with van der Waals surface area (Å²) in [5.41, 5.74) is 0.632. The molecular formula is C24H23ClN4O2. The van der Waals surface area contributed by atoms with Crippen LogP contribution in [-0.4, -0.2) is 23.1 Å². The van der Waals surface area contributed by atoms with Crippen LogP contribution in [0.1, 0.15) is 25.7 Å². The van der Waals surface area contributed by atoms with Gasteiger partial charge in [0.1, 0.15) is 0 Å². The summed E-state index contributed by atoms with van der Waals surface area (Å²) in [6.07, 6.45) is 3.37. The van der Waals surface area contributed by atoms with Gasteiger partial charge in [0.25, 0.3) is 0 Å². The molecule has 2 aliphatic rings. The normalized spacial score (nSPS) is 17.5. The number of urea groups is 2.